The van der Waals surface area contributed by atoms with E-state index in [1.807, 2.05) is 72.8 Å². The first kappa shape index (κ1) is 19.5. The monoisotopic (exact) mass is 426 g/mol. The van der Waals surface area contributed by atoms with Gasteiger partial charge in [-0.2, -0.15) is 0 Å². The van der Waals surface area contributed by atoms with Gasteiger partial charge < -0.3 is 14.6 Å². The summed E-state index contributed by atoms with van der Waals surface area (Å²) in [4.78, 5) is 0. The van der Waals surface area contributed by atoms with Crippen LogP contribution >= 0.6 is 15.9 Å². The first-order valence-corrected chi connectivity index (χ1v) is 9.72. The van der Waals surface area contributed by atoms with Crippen LogP contribution in [0.5, 0.6) is 11.5 Å². The average Bonchev–Trinajstić information content (AvgIpc) is 2.72. The molecular formula is C23H23BrO3. The zero-order valence-corrected chi connectivity index (χ0v) is 16.9. The zero-order valence-electron chi connectivity index (χ0n) is 15.3. The van der Waals surface area contributed by atoms with Gasteiger partial charge in [0.2, 0.25) is 0 Å². The Morgan fingerprint density at radius 2 is 1.63 bits per heavy atom. The number of aliphatic hydroxyl groups excluding tert-OH is 1. The molecule has 3 aromatic rings. The second kappa shape index (κ2) is 9.58. The van der Waals surface area contributed by atoms with Crippen LogP contribution in [0.15, 0.2) is 77.3 Å². The normalized spacial score (nSPS) is 11.8. The molecule has 1 N–H and O–H groups in total. The molecule has 0 unspecified atom stereocenters. The molecule has 0 saturated carbocycles. The van der Waals surface area contributed by atoms with Crippen molar-refractivity contribution in [2.75, 3.05) is 7.11 Å². The van der Waals surface area contributed by atoms with E-state index in [0.717, 1.165) is 39.1 Å². The van der Waals surface area contributed by atoms with E-state index in [1.165, 1.54) is 0 Å². The molecule has 0 aromatic heterocycles. The zero-order chi connectivity index (χ0) is 19.1. The molecule has 0 heterocycles. The molecule has 3 aromatic carbocycles. The molecule has 0 spiro atoms. The SMILES string of the molecule is COc1ccc(CC[C@H](O)c2ccc(OCc3ccccc3)cc2)c(Br)c1. The number of hydrogen-bond donors (Lipinski definition) is 1. The minimum absolute atomic E-state index is 0.512. The smallest absolute Gasteiger partial charge is 0.120 e. The van der Waals surface area contributed by atoms with Crippen molar-refractivity contribution in [2.24, 2.45) is 0 Å². The molecule has 0 saturated heterocycles. The first-order valence-electron chi connectivity index (χ1n) is 8.93. The predicted octanol–water partition coefficient (Wildman–Crippen LogP) is 5.70. The quantitative estimate of drug-likeness (QED) is 0.501. The third kappa shape index (κ3) is 5.59. The second-order valence-corrected chi connectivity index (χ2v) is 7.21. The van der Waals surface area contributed by atoms with Crippen molar-refractivity contribution in [1.82, 2.24) is 0 Å². The highest BCUT2D eigenvalue weighted by Crippen LogP contribution is 2.27. The number of halogens is 1. The number of rotatable bonds is 8. The second-order valence-electron chi connectivity index (χ2n) is 6.36. The maximum atomic E-state index is 10.5. The highest BCUT2D eigenvalue weighted by atomic mass is 79.9. The van der Waals surface area contributed by atoms with Crippen molar-refractivity contribution >= 4 is 15.9 Å². The van der Waals surface area contributed by atoms with E-state index in [4.69, 9.17) is 9.47 Å². The van der Waals surface area contributed by atoms with Crippen molar-refractivity contribution in [2.45, 2.75) is 25.6 Å². The number of aryl methyl sites for hydroxylation is 1. The van der Waals surface area contributed by atoms with Gasteiger partial charge in [-0.1, -0.05) is 64.5 Å². The highest BCUT2D eigenvalue weighted by molar-refractivity contribution is 9.10. The molecular weight excluding hydrogens is 404 g/mol. The molecule has 0 amide bonds. The molecule has 0 aliphatic heterocycles. The van der Waals surface area contributed by atoms with Crippen LogP contribution in [0.3, 0.4) is 0 Å². The van der Waals surface area contributed by atoms with Crippen LogP contribution in [0.1, 0.15) is 29.2 Å². The lowest BCUT2D eigenvalue weighted by Crippen LogP contribution is -2.01. The van der Waals surface area contributed by atoms with Gasteiger partial charge in [0.15, 0.2) is 0 Å². The Hall–Kier alpha value is -2.30. The van der Waals surface area contributed by atoms with E-state index in [-0.39, 0.29) is 0 Å². The molecule has 27 heavy (non-hydrogen) atoms. The van der Waals surface area contributed by atoms with Gasteiger partial charge in [-0.05, 0) is 53.8 Å². The Morgan fingerprint density at radius 1 is 0.926 bits per heavy atom. The fourth-order valence-electron chi connectivity index (χ4n) is 2.84. The lowest BCUT2D eigenvalue weighted by atomic mass is 10.0. The molecule has 3 rings (SSSR count). The lowest BCUT2D eigenvalue weighted by molar-refractivity contribution is 0.167. The van der Waals surface area contributed by atoms with Gasteiger partial charge in [0.05, 0.1) is 13.2 Å². The molecule has 0 bridgehead atoms. The summed E-state index contributed by atoms with van der Waals surface area (Å²) in [5.74, 6) is 1.62. The van der Waals surface area contributed by atoms with Crippen molar-refractivity contribution < 1.29 is 14.6 Å². The van der Waals surface area contributed by atoms with Crippen molar-refractivity contribution in [3.05, 3.63) is 94.0 Å². The Labute approximate surface area is 168 Å². The molecule has 1 atom stereocenters. The summed E-state index contributed by atoms with van der Waals surface area (Å²) in [5.41, 5.74) is 3.18. The van der Waals surface area contributed by atoms with E-state index in [0.29, 0.717) is 13.0 Å². The van der Waals surface area contributed by atoms with E-state index in [1.54, 1.807) is 7.11 Å². The van der Waals surface area contributed by atoms with Gasteiger partial charge in [0.25, 0.3) is 0 Å². The largest absolute Gasteiger partial charge is 0.497 e. The molecule has 0 fully saturated rings. The minimum atomic E-state index is -0.512. The van der Waals surface area contributed by atoms with Crippen LogP contribution in [-0.2, 0) is 13.0 Å². The predicted molar refractivity (Wildman–Crippen MR) is 111 cm³/mol. The van der Waals surface area contributed by atoms with Gasteiger partial charge in [0, 0.05) is 4.47 Å². The van der Waals surface area contributed by atoms with Gasteiger partial charge >= 0.3 is 0 Å². The number of aliphatic hydroxyl groups is 1. The van der Waals surface area contributed by atoms with Crippen LogP contribution in [0.2, 0.25) is 0 Å². The average molecular weight is 427 g/mol. The third-order valence-corrected chi connectivity index (χ3v) is 5.20. The first-order chi connectivity index (χ1) is 13.2. The van der Waals surface area contributed by atoms with Crippen LogP contribution in [0.4, 0.5) is 0 Å². The van der Waals surface area contributed by atoms with Gasteiger partial charge in [-0.25, -0.2) is 0 Å². The summed E-state index contributed by atoms with van der Waals surface area (Å²) in [6, 6.07) is 23.6. The van der Waals surface area contributed by atoms with E-state index in [9.17, 15) is 5.11 Å². The number of benzene rings is 3. The maximum Gasteiger partial charge on any atom is 0.120 e. The minimum Gasteiger partial charge on any atom is -0.497 e. The summed E-state index contributed by atoms with van der Waals surface area (Å²) in [6.45, 7) is 0.536. The van der Waals surface area contributed by atoms with Crippen LogP contribution in [0, 0.1) is 0 Å². The van der Waals surface area contributed by atoms with Crippen LogP contribution in [0.25, 0.3) is 0 Å². The molecule has 0 radical (unpaired) electrons. The Balaban J connectivity index is 1.53. The fourth-order valence-corrected chi connectivity index (χ4v) is 3.40. The lowest BCUT2D eigenvalue weighted by Gasteiger charge is -2.13. The molecule has 4 heteroatoms. The van der Waals surface area contributed by atoms with Gasteiger partial charge in [-0.3, -0.25) is 0 Å². The summed E-state index contributed by atoms with van der Waals surface area (Å²) < 4.78 is 12.0. The van der Waals surface area contributed by atoms with Crippen molar-refractivity contribution in [3.63, 3.8) is 0 Å². The molecule has 140 valence electrons. The maximum absolute atomic E-state index is 10.5. The summed E-state index contributed by atoms with van der Waals surface area (Å²) in [7, 11) is 1.65. The topological polar surface area (TPSA) is 38.7 Å². The van der Waals surface area contributed by atoms with E-state index >= 15 is 0 Å². The van der Waals surface area contributed by atoms with E-state index < -0.39 is 6.10 Å². The Kier molecular flexibility index (Phi) is 6.91. The molecule has 0 aliphatic carbocycles. The van der Waals surface area contributed by atoms with Crippen molar-refractivity contribution in [1.29, 1.82) is 0 Å². The Morgan fingerprint density at radius 3 is 2.30 bits per heavy atom. The van der Waals surface area contributed by atoms with Gasteiger partial charge in [-0.15, -0.1) is 0 Å². The van der Waals surface area contributed by atoms with Crippen molar-refractivity contribution in [3.8, 4) is 11.5 Å². The number of methoxy groups -OCH3 is 1. The van der Waals surface area contributed by atoms with Crippen LogP contribution in [-0.4, -0.2) is 12.2 Å². The van der Waals surface area contributed by atoms with Crippen LogP contribution < -0.4 is 9.47 Å². The van der Waals surface area contributed by atoms with E-state index in [2.05, 4.69) is 15.9 Å². The summed E-state index contributed by atoms with van der Waals surface area (Å²) in [5, 5.41) is 10.5. The standard InChI is InChI=1S/C23H23BrO3/c1-26-21-13-7-18(22(24)15-21)10-14-23(25)19-8-11-20(12-9-19)27-16-17-5-3-2-4-6-17/h2-9,11-13,15,23,25H,10,14,16H2,1H3/t23-/m0/s1. The summed E-state index contributed by atoms with van der Waals surface area (Å²) in [6.07, 6.45) is 0.912. The number of ether oxygens (including phenoxy) is 2. The fraction of sp³-hybridized carbons (Fsp3) is 0.217. The third-order valence-electron chi connectivity index (χ3n) is 4.46. The molecule has 3 nitrogen and oxygen atoms in total. The van der Waals surface area contributed by atoms with Gasteiger partial charge in [0.1, 0.15) is 18.1 Å². The summed E-state index contributed by atoms with van der Waals surface area (Å²) >= 11 is 3.56. The number of hydrogen-bond acceptors (Lipinski definition) is 3. The Bertz CT molecular complexity index is 847. The molecule has 0 aliphatic rings. The highest BCUT2D eigenvalue weighted by Gasteiger charge is 2.10.